The largest absolute Gasteiger partial charge is 0.374 e. The van der Waals surface area contributed by atoms with Crippen LogP contribution >= 0.6 is 0 Å². The summed E-state index contributed by atoms with van der Waals surface area (Å²) in [5.74, 6) is -2.24. The zero-order valence-corrected chi connectivity index (χ0v) is 15.4. The molecular formula is C18H29F3N2O. The Kier molecular flexibility index (Phi) is 9.66. The molecule has 1 aromatic carbocycles. The topological polar surface area (TPSA) is 32.3 Å². The Morgan fingerprint density at radius 3 is 2.04 bits per heavy atom. The van der Waals surface area contributed by atoms with E-state index in [0.717, 1.165) is 5.92 Å². The third kappa shape index (κ3) is 6.91. The average Bonchev–Trinajstić information content (AvgIpc) is 2.71. The van der Waals surface area contributed by atoms with Crippen LogP contribution in [0.15, 0.2) is 12.1 Å². The molecule has 0 amide bonds. The maximum absolute atomic E-state index is 12.8. The first kappa shape index (κ1) is 22.4. The second kappa shape index (κ2) is 10.3. The minimum atomic E-state index is -1.06. The highest BCUT2D eigenvalue weighted by molar-refractivity contribution is 5.59. The van der Waals surface area contributed by atoms with E-state index in [4.69, 9.17) is 0 Å². The summed E-state index contributed by atoms with van der Waals surface area (Å²) in [5, 5.41) is 2.17. The lowest BCUT2D eigenvalue weighted by Gasteiger charge is -2.21. The molecule has 0 aromatic heterocycles. The van der Waals surface area contributed by atoms with Gasteiger partial charge in [0.15, 0.2) is 11.6 Å². The molecule has 1 unspecified atom stereocenters. The average molecular weight is 346 g/mol. The van der Waals surface area contributed by atoms with Crippen molar-refractivity contribution in [3.05, 3.63) is 29.6 Å². The molecule has 1 aliphatic heterocycles. The highest BCUT2D eigenvalue weighted by atomic mass is 19.1. The molecule has 1 atom stereocenters. The summed E-state index contributed by atoms with van der Waals surface area (Å²) in [6, 6.07) is 1.08. The van der Waals surface area contributed by atoms with Crippen LogP contribution in [0.2, 0.25) is 0 Å². The first-order chi connectivity index (χ1) is 11.2. The van der Waals surface area contributed by atoms with Crippen LogP contribution < -0.4 is 5.32 Å². The predicted octanol–water partition coefficient (Wildman–Crippen LogP) is 4.34. The van der Waals surface area contributed by atoms with Crippen molar-refractivity contribution in [2.24, 2.45) is 11.3 Å². The fourth-order valence-electron chi connectivity index (χ4n) is 2.49. The van der Waals surface area contributed by atoms with E-state index in [1.54, 1.807) is 0 Å². The molecule has 0 bridgehead atoms. The van der Waals surface area contributed by atoms with Crippen LogP contribution in [0.25, 0.3) is 0 Å². The molecular weight excluding hydrogens is 317 g/mol. The van der Waals surface area contributed by atoms with Gasteiger partial charge in [0.05, 0.1) is 6.54 Å². The van der Waals surface area contributed by atoms with E-state index in [1.807, 2.05) is 13.8 Å². The number of anilines is 1. The molecule has 3 nitrogen and oxygen atoms in total. The Balaban J connectivity index is 0.000000420. The van der Waals surface area contributed by atoms with Gasteiger partial charge in [-0.3, -0.25) is 0 Å². The van der Waals surface area contributed by atoms with E-state index >= 15 is 0 Å². The molecule has 24 heavy (non-hydrogen) atoms. The van der Waals surface area contributed by atoms with Gasteiger partial charge in [-0.05, 0) is 18.4 Å². The number of hydrogen-bond acceptors (Lipinski definition) is 3. The maximum atomic E-state index is 12.8. The molecule has 0 saturated carbocycles. The second-order valence-corrected chi connectivity index (χ2v) is 6.38. The van der Waals surface area contributed by atoms with Crippen LogP contribution in [-0.4, -0.2) is 37.9 Å². The summed E-state index contributed by atoms with van der Waals surface area (Å²) in [7, 11) is 2.20. The smallest absolute Gasteiger partial charge is 0.152 e. The van der Waals surface area contributed by atoms with Gasteiger partial charge in [0.2, 0.25) is 0 Å². The summed E-state index contributed by atoms with van der Waals surface area (Å²) < 4.78 is 37.9. The van der Waals surface area contributed by atoms with Crippen LogP contribution in [0.3, 0.4) is 0 Å². The number of nitrogens with one attached hydrogen (secondary N) is 1. The number of nitrogens with zero attached hydrogens (tertiary/aromatic N) is 1. The molecule has 0 spiro atoms. The third-order valence-electron chi connectivity index (χ3n) is 3.97. The van der Waals surface area contributed by atoms with Gasteiger partial charge in [-0.15, -0.1) is 0 Å². The number of rotatable bonds is 3. The molecule has 1 aromatic rings. The zero-order chi connectivity index (χ0) is 18.9. The summed E-state index contributed by atoms with van der Waals surface area (Å²) in [5.41, 5.74) is 0.0582. The van der Waals surface area contributed by atoms with E-state index in [0.29, 0.717) is 23.8 Å². The number of likely N-dealkylation sites (tertiary alicyclic amines) is 1. The third-order valence-corrected chi connectivity index (χ3v) is 3.97. The van der Waals surface area contributed by atoms with Gasteiger partial charge in [-0.2, -0.15) is 0 Å². The van der Waals surface area contributed by atoms with Crippen LogP contribution in [0.4, 0.5) is 18.9 Å². The summed E-state index contributed by atoms with van der Waals surface area (Å²) in [6.07, 6.45) is 0.447. The standard InChI is InChI=1S/C8H6F3NO.C8H17N.C2H6/c9-5-3-6(10)8(7(11)4-5)12-1-2-13;1-7-5-9(4)6-8(7,2)3;1-2/h2-4,12H,1H2;7H,5-6H2,1-4H3;1-2H3. The van der Waals surface area contributed by atoms with Crippen molar-refractivity contribution in [2.75, 3.05) is 32.0 Å². The summed E-state index contributed by atoms with van der Waals surface area (Å²) in [4.78, 5) is 12.3. The fourth-order valence-corrected chi connectivity index (χ4v) is 2.49. The number of benzene rings is 1. The molecule has 1 aliphatic rings. The number of aldehydes is 1. The summed E-state index contributed by atoms with van der Waals surface area (Å²) >= 11 is 0. The van der Waals surface area contributed by atoms with Gasteiger partial charge >= 0.3 is 0 Å². The number of carbonyl (C=O) groups is 1. The van der Waals surface area contributed by atoms with Gasteiger partial charge in [0, 0.05) is 25.2 Å². The van der Waals surface area contributed by atoms with Gasteiger partial charge in [0.1, 0.15) is 17.8 Å². The lowest BCUT2D eigenvalue weighted by atomic mass is 9.84. The molecule has 0 aliphatic carbocycles. The first-order valence-corrected chi connectivity index (χ1v) is 8.18. The molecule has 1 saturated heterocycles. The Labute approximate surface area is 143 Å². The number of hydrogen-bond donors (Lipinski definition) is 1. The van der Waals surface area contributed by atoms with Gasteiger partial charge < -0.3 is 15.0 Å². The highest BCUT2D eigenvalue weighted by Gasteiger charge is 2.33. The van der Waals surface area contributed by atoms with E-state index in [2.05, 4.69) is 38.0 Å². The van der Waals surface area contributed by atoms with Crippen molar-refractivity contribution in [2.45, 2.75) is 34.6 Å². The Bertz CT molecular complexity index is 498. The Morgan fingerprint density at radius 1 is 1.25 bits per heavy atom. The molecule has 0 radical (unpaired) electrons. The van der Waals surface area contributed by atoms with Crippen molar-refractivity contribution < 1.29 is 18.0 Å². The van der Waals surface area contributed by atoms with E-state index < -0.39 is 23.1 Å². The molecule has 2 rings (SSSR count). The molecule has 1 heterocycles. The lowest BCUT2D eigenvalue weighted by molar-refractivity contribution is -0.106. The van der Waals surface area contributed by atoms with Crippen molar-refractivity contribution in [3.8, 4) is 0 Å². The van der Waals surface area contributed by atoms with Crippen LogP contribution in [0.1, 0.15) is 34.6 Å². The van der Waals surface area contributed by atoms with Crippen LogP contribution in [0.5, 0.6) is 0 Å². The van der Waals surface area contributed by atoms with Gasteiger partial charge in [-0.25, -0.2) is 13.2 Å². The first-order valence-electron chi connectivity index (χ1n) is 8.18. The highest BCUT2D eigenvalue weighted by Crippen LogP contribution is 2.33. The zero-order valence-electron chi connectivity index (χ0n) is 15.4. The maximum Gasteiger partial charge on any atom is 0.152 e. The van der Waals surface area contributed by atoms with Crippen molar-refractivity contribution in [3.63, 3.8) is 0 Å². The van der Waals surface area contributed by atoms with E-state index in [1.165, 1.54) is 13.1 Å². The lowest BCUT2D eigenvalue weighted by Crippen LogP contribution is -2.20. The normalized spacial score (nSPS) is 18.8. The molecule has 6 heteroatoms. The number of carbonyl (C=O) groups excluding carboxylic acids is 1. The SMILES string of the molecule is CC.CC1CN(C)CC1(C)C.O=CCNc1c(F)cc(F)cc1F. The van der Waals surface area contributed by atoms with E-state index in [-0.39, 0.29) is 6.54 Å². The predicted molar refractivity (Wildman–Crippen MR) is 92.7 cm³/mol. The Hall–Kier alpha value is -1.56. The van der Waals surface area contributed by atoms with Crippen LogP contribution in [0, 0.1) is 28.8 Å². The quantitative estimate of drug-likeness (QED) is 0.827. The van der Waals surface area contributed by atoms with Crippen molar-refractivity contribution >= 4 is 12.0 Å². The fraction of sp³-hybridized carbons (Fsp3) is 0.611. The summed E-state index contributed by atoms with van der Waals surface area (Å²) in [6.45, 7) is 13.3. The monoisotopic (exact) mass is 346 g/mol. The van der Waals surface area contributed by atoms with Gasteiger partial charge in [0.25, 0.3) is 0 Å². The Morgan fingerprint density at radius 2 is 1.75 bits per heavy atom. The number of halogens is 3. The minimum absolute atomic E-state index is 0.223. The van der Waals surface area contributed by atoms with Crippen LogP contribution in [-0.2, 0) is 4.79 Å². The van der Waals surface area contributed by atoms with E-state index in [9.17, 15) is 18.0 Å². The second-order valence-electron chi connectivity index (χ2n) is 6.38. The minimum Gasteiger partial charge on any atom is -0.374 e. The molecule has 1 N–H and O–H groups in total. The molecule has 138 valence electrons. The van der Waals surface area contributed by atoms with Crippen molar-refractivity contribution in [1.82, 2.24) is 4.90 Å². The van der Waals surface area contributed by atoms with Crippen molar-refractivity contribution in [1.29, 1.82) is 0 Å². The molecule has 1 fully saturated rings. The van der Waals surface area contributed by atoms with Gasteiger partial charge in [-0.1, -0.05) is 34.6 Å².